The fraction of sp³-hybridized carbons (Fsp3) is 0.200. The summed E-state index contributed by atoms with van der Waals surface area (Å²) in [5.41, 5.74) is 6.94. The van der Waals surface area contributed by atoms with Crippen molar-refractivity contribution in [2.75, 3.05) is 6.54 Å². The van der Waals surface area contributed by atoms with Gasteiger partial charge in [-0.2, -0.15) is 0 Å². The predicted octanol–water partition coefficient (Wildman–Crippen LogP) is 5.07. The van der Waals surface area contributed by atoms with Crippen LogP contribution in [-0.4, -0.2) is 6.54 Å². The third-order valence-corrected chi connectivity index (χ3v) is 4.24. The Morgan fingerprint density at radius 3 is 2.05 bits per heavy atom. The van der Waals surface area contributed by atoms with Crippen LogP contribution < -0.4 is 5.73 Å². The number of rotatable bonds is 4. The molecule has 2 aromatic rings. The van der Waals surface area contributed by atoms with Gasteiger partial charge in [0.05, 0.1) is 0 Å². The second-order valence-electron chi connectivity index (χ2n) is 4.47. The third kappa shape index (κ3) is 3.26. The maximum absolute atomic E-state index is 14.0. The van der Waals surface area contributed by atoms with Gasteiger partial charge in [0.2, 0.25) is 0 Å². The Morgan fingerprint density at radius 1 is 0.950 bits per heavy atom. The Morgan fingerprint density at radius 2 is 1.50 bits per heavy atom. The van der Waals surface area contributed by atoms with E-state index in [0.717, 1.165) is 5.56 Å². The van der Waals surface area contributed by atoms with Crippen LogP contribution in [0.3, 0.4) is 0 Å². The third-order valence-electron chi connectivity index (χ3n) is 3.20. The molecule has 0 saturated carbocycles. The molecule has 0 radical (unpaired) electrons. The van der Waals surface area contributed by atoms with Gasteiger partial charge in [0.1, 0.15) is 5.82 Å². The van der Waals surface area contributed by atoms with Crippen molar-refractivity contribution in [3.63, 3.8) is 0 Å². The minimum Gasteiger partial charge on any atom is -0.330 e. The predicted molar refractivity (Wildman–Crippen MR) is 83.4 cm³/mol. The van der Waals surface area contributed by atoms with Gasteiger partial charge >= 0.3 is 0 Å². The zero-order valence-electron chi connectivity index (χ0n) is 10.5. The van der Waals surface area contributed by atoms with Gasteiger partial charge in [-0.25, -0.2) is 4.39 Å². The zero-order valence-corrected chi connectivity index (χ0v) is 12.8. The maximum atomic E-state index is 14.0. The summed E-state index contributed by atoms with van der Waals surface area (Å²) in [4.78, 5) is 0. The van der Waals surface area contributed by atoms with Crippen LogP contribution >= 0.6 is 34.8 Å². The summed E-state index contributed by atoms with van der Waals surface area (Å²) in [6.07, 6.45) is 0.440. The first-order chi connectivity index (χ1) is 9.54. The van der Waals surface area contributed by atoms with Crippen molar-refractivity contribution in [3.8, 4) is 0 Å². The van der Waals surface area contributed by atoms with Gasteiger partial charge in [-0.05, 0) is 42.8 Å². The first-order valence-electron chi connectivity index (χ1n) is 6.11. The fourth-order valence-electron chi connectivity index (χ4n) is 2.18. The van der Waals surface area contributed by atoms with Crippen molar-refractivity contribution in [2.24, 2.45) is 5.73 Å². The largest absolute Gasteiger partial charge is 0.330 e. The fourth-order valence-corrected chi connectivity index (χ4v) is 3.05. The summed E-state index contributed by atoms with van der Waals surface area (Å²) in [6, 6.07) is 9.85. The lowest BCUT2D eigenvalue weighted by molar-refractivity contribution is 0.576. The van der Waals surface area contributed by atoms with E-state index in [0.29, 0.717) is 27.1 Å². The molecule has 0 spiro atoms. The topological polar surface area (TPSA) is 26.0 Å². The Hall–Kier alpha value is -0.800. The van der Waals surface area contributed by atoms with E-state index < -0.39 is 0 Å². The van der Waals surface area contributed by atoms with Crippen LogP contribution in [0.5, 0.6) is 0 Å². The molecule has 20 heavy (non-hydrogen) atoms. The lowest BCUT2D eigenvalue weighted by atomic mass is 9.91. The molecule has 1 unspecified atom stereocenters. The monoisotopic (exact) mass is 331 g/mol. The number of hydrogen-bond donors (Lipinski definition) is 1. The second kappa shape index (κ2) is 6.77. The van der Waals surface area contributed by atoms with Crippen LogP contribution in [0.1, 0.15) is 17.0 Å². The molecular formula is C15H13Cl3FN. The highest BCUT2D eigenvalue weighted by atomic mass is 35.5. The first-order valence-corrected chi connectivity index (χ1v) is 7.24. The number of nitrogens with two attached hydrogens (primary N) is 1. The van der Waals surface area contributed by atoms with Gasteiger partial charge in [0.15, 0.2) is 0 Å². The van der Waals surface area contributed by atoms with Crippen molar-refractivity contribution < 1.29 is 4.39 Å². The summed E-state index contributed by atoms with van der Waals surface area (Å²) in [5, 5.41) is 1.45. The van der Waals surface area contributed by atoms with Crippen molar-refractivity contribution in [1.82, 2.24) is 0 Å². The maximum Gasteiger partial charge on any atom is 0.128 e. The molecule has 0 aromatic heterocycles. The Balaban J connectivity index is 2.39. The summed E-state index contributed by atoms with van der Waals surface area (Å²) in [7, 11) is 0. The van der Waals surface area contributed by atoms with Gasteiger partial charge in [0, 0.05) is 26.5 Å². The standard InChI is InChI=1S/C15H13Cl3FN/c16-11-3-1-4-12(17)10(11)7-9(8-20)15-13(18)5-2-6-14(15)19/h1-6,9H,7-8,20H2. The first kappa shape index (κ1) is 15.6. The molecular weight excluding hydrogens is 320 g/mol. The molecule has 0 amide bonds. The van der Waals surface area contributed by atoms with Crippen molar-refractivity contribution in [2.45, 2.75) is 12.3 Å². The van der Waals surface area contributed by atoms with E-state index in [9.17, 15) is 4.39 Å². The summed E-state index contributed by atoms with van der Waals surface area (Å²) in [6.45, 7) is 0.252. The molecule has 0 fully saturated rings. The average molecular weight is 333 g/mol. The highest BCUT2D eigenvalue weighted by Crippen LogP contribution is 2.33. The van der Waals surface area contributed by atoms with Crippen LogP contribution in [0.25, 0.3) is 0 Å². The smallest absolute Gasteiger partial charge is 0.128 e. The van der Waals surface area contributed by atoms with Gasteiger partial charge in [-0.3, -0.25) is 0 Å². The molecule has 0 aliphatic carbocycles. The molecule has 0 aliphatic heterocycles. The highest BCUT2D eigenvalue weighted by Gasteiger charge is 2.20. The number of benzene rings is 2. The molecule has 1 atom stereocenters. The van der Waals surface area contributed by atoms with E-state index in [1.807, 2.05) is 0 Å². The minimum absolute atomic E-state index is 0.252. The Kier molecular flexibility index (Phi) is 5.28. The zero-order chi connectivity index (χ0) is 14.7. The van der Waals surface area contributed by atoms with Crippen LogP contribution in [0.2, 0.25) is 15.1 Å². The lowest BCUT2D eigenvalue weighted by Gasteiger charge is -2.19. The SMILES string of the molecule is NCC(Cc1c(Cl)cccc1Cl)c1c(F)cccc1Cl. The summed E-state index contributed by atoms with van der Waals surface area (Å²) >= 11 is 18.4. The quantitative estimate of drug-likeness (QED) is 0.831. The Labute approximate surface area is 132 Å². The van der Waals surface area contributed by atoms with Crippen molar-refractivity contribution >= 4 is 34.8 Å². The molecule has 0 aliphatic rings. The summed E-state index contributed by atoms with van der Waals surface area (Å²) in [5.74, 6) is -0.641. The summed E-state index contributed by atoms with van der Waals surface area (Å²) < 4.78 is 14.0. The van der Waals surface area contributed by atoms with Gasteiger partial charge in [0.25, 0.3) is 0 Å². The van der Waals surface area contributed by atoms with E-state index in [1.165, 1.54) is 6.07 Å². The molecule has 1 nitrogen and oxygen atoms in total. The van der Waals surface area contributed by atoms with E-state index >= 15 is 0 Å². The van der Waals surface area contributed by atoms with Gasteiger partial charge in [-0.15, -0.1) is 0 Å². The van der Waals surface area contributed by atoms with Crippen LogP contribution in [-0.2, 0) is 6.42 Å². The molecule has 2 N–H and O–H groups in total. The van der Waals surface area contributed by atoms with E-state index in [2.05, 4.69) is 0 Å². The van der Waals surface area contributed by atoms with E-state index in [-0.39, 0.29) is 18.3 Å². The second-order valence-corrected chi connectivity index (χ2v) is 5.69. The number of hydrogen-bond acceptors (Lipinski definition) is 1. The highest BCUT2D eigenvalue weighted by molar-refractivity contribution is 6.36. The lowest BCUT2D eigenvalue weighted by Crippen LogP contribution is -2.17. The van der Waals surface area contributed by atoms with Crippen molar-refractivity contribution in [3.05, 3.63) is 68.4 Å². The van der Waals surface area contributed by atoms with Gasteiger partial charge in [-0.1, -0.05) is 46.9 Å². The molecule has 106 valence electrons. The molecule has 2 aromatic carbocycles. The minimum atomic E-state index is -0.365. The molecule has 0 bridgehead atoms. The average Bonchev–Trinajstić information content (AvgIpc) is 2.40. The van der Waals surface area contributed by atoms with Crippen molar-refractivity contribution in [1.29, 1.82) is 0 Å². The Bertz CT molecular complexity index is 576. The molecule has 0 heterocycles. The number of halogens is 4. The molecule has 5 heteroatoms. The normalized spacial score (nSPS) is 12.4. The van der Waals surface area contributed by atoms with E-state index in [1.54, 1.807) is 30.3 Å². The van der Waals surface area contributed by atoms with Gasteiger partial charge < -0.3 is 5.73 Å². The van der Waals surface area contributed by atoms with E-state index in [4.69, 9.17) is 40.5 Å². The van der Waals surface area contributed by atoms with Crippen LogP contribution in [0, 0.1) is 5.82 Å². The molecule has 0 saturated heterocycles. The molecule has 2 rings (SSSR count). The van der Waals surface area contributed by atoms with Crippen LogP contribution in [0.4, 0.5) is 4.39 Å². The van der Waals surface area contributed by atoms with Crippen LogP contribution in [0.15, 0.2) is 36.4 Å².